The molecule has 0 aromatic heterocycles. The Morgan fingerprint density at radius 2 is 2.10 bits per heavy atom. The first-order valence-electron chi connectivity index (χ1n) is 7.73. The molecule has 5 heteroatoms. The molecule has 3 fully saturated rings. The Balaban J connectivity index is 1.53. The normalized spacial score (nSPS) is 29.4. The van der Waals surface area contributed by atoms with Crippen molar-refractivity contribution in [2.45, 2.75) is 44.1 Å². The van der Waals surface area contributed by atoms with Gasteiger partial charge in [0.25, 0.3) is 0 Å². The highest BCUT2D eigenvalue weighted by atomic mass is 16.5. The first-order valence-corrected chi connectivity index (χ1v) is 7.73. The van der Waals surface area contributed by atoms with E-state index in [1.165, 1.54) is 0 Å². The van der Waals surface area contributed by atoms with E-state index in [9.17, 15) is 9.59 Å². The molecule has 2 amide bonds. The monoisotopic (exact) mass is 280 g/mol. The lowest BCUT2D eigenvalue weighted by Crippen LogP contribution is -2.52. The summed E-state index contributed by atoms with van der Waals surface area (Å²) in [5, 5.41) is 0. The van der Waals surface area contributed by atoms with Crippen LogP contribution in [0.1, 0.15) is 38.5 Å². The van der Waals surface area contributed by atoms with Crippen LogP contribution < -0.4 is 0 Å². The topological polar surface area (TPSA) is 49.9 Å². The summed E-state index contributed by atoms with van der Waals surface area (Å²) < 4.78 is 5.33. The first kappa shape index (κ1) is 13.9. The average Bonchev–Trinajstić information content (AvgIpc) is 3.05. The van der Waals surface area contributed by atoms with Gasteiger partial charge in [-0.3, -0.25) is 9.59 Å². The van der Waals surface area contributed by atoms with Crippen LogP contribution >= 0.6 is 0 Å². The molecule has 0 N–H and O–H groups in total. The first-order chi connectivity index (χ1) is 9.61. The minimum atomic E-state index is 0.0321. The number of hydrogen-bond acceptors (Lipinski definition) is 3. The van der Waals surface area contributed by atoms with Crippen LogP contribution in [0.3, 0.4) is 0 Å². The number of carbonyl (C=O) groups is 2. The maximum Gasteiger partial charge on any atom is 0.222 e. The van der Waals surface area contributed by atoms with Crippen molar-refractivity contribution >= 4 is 11.8 Å². The highest BCUT2D eigenvalue weighted by Gasteiger charge is 2.45. The van der Waals surface area contributed by atoms with E-state index in [0.717, 1.165) is 52.0 Å². The van der Waals surface area contributed by atoms with Gasteiger partial charge in [0, 0.05) is 51.7 Å². The maximum atomic E-state index is 12.3. The third kappa shape index (κ3) is 2.43. The molecule has 0 bridgehead atoms. The Hall–Kier alpha value is -1.10. The van der Waals surface area contributed by atoms with Gasteiger partial charge in [-0.15, -0.1) is 0 Å². The van der Waals surface area contributed by atoms with Crippen molar-refractivity contribution in [3.63, 3.8) is 0 Å². The molecule has 0 aromatic rings. The van der Waals surface area contributed by atoms with E-state index in [4.69, 9.17) is 4.74 Å². The van der Waals surface area contributed by atoms with Crippen molar-refractivity contribution in [1.29, 1.82) is 0 Å². The molecule has 0 aromatic carbocycles. The zero-order chi connectivity index (χ0) is 14.2. The van der Waals surface area contributed by atoms with E-state index < -0.39 is 0 Å². The summed E-state index contributed by atoms with van der Waals surface area (Å²) in [4.78, 5) is 27.9. The lowest BCUT2D eigenvalue weighted by atomic mass is 9.85. The van der Waals surface area contributed by atoms with Gasteiger partial charge in [-0.1, -0.05) is 0 Å². The molecule has 3 aliphatic heterocycles. The average molecular weight is 280 g/mol. The Morgan fingerprint density at radius 3 is 2.65 bits per heavy atom. The number of carbonyl (C=O) groups excluding carboxylic acids is 2. The third-order valence-electron chi connectivity index (χ3n) is 5.42. The second kappa shape index (κ2) is 5.35. The van der Waals surface area contributed by atoms with Gasteiger partial charge in [-0.05, 0) is 31.6 Å². The summed E-state index contributed by atoms with van der Waals surface area (Å²) in [6.07, 6.45) is 5.14. The third-order valence-corrected chi connectivity index (χ3v) is 5.42. The molecule has 1 spiro atoms. The van der Waals surface area contributed by atoms with Crippen LogP contribution in [0.25, 0.3) is 0 Å². The molecule has 3 heterocycles. The van der Waals surface area contributed by atoms with Gasteiger partial charge in [0.2, 0.25) is 11.8 Å². The van der Waals surface area contributed by atoms with Gasteiger partial charge in [-0.2, -0.15) is 0 Å². The van der Waals surface area contributed by atoms with Crippen molar-refractivity contribution in [3.05, 3.63) is 0 Å². The quantitative estimate of drug-likeness (QED) is 0.759. The van der Waals surface area contributed by atoms with E-state index >= 15 is 0 Å². The van der Waals surface area contributed by atoms with E-state index in [0.29, 0.717) is 18.8 Å². The molecule has 0 radical (unpaired) electrons. The Kier molecular flexibility index (Phi) is 3.71. The fourth-order valence-electron chi connectivity index (χ4n) is 3.82. The molecule has 0 saturated carbocycles. The summed E-state index contributed by atoms with van der Waals surface area (Å²) in [6.45, 7) is 3.13. The SMILES string of the molecule is CN1C(=O)CCC12CCN(C(=O)CC1CCOC1)CC2. The molecule has 1 unspecified atom stereocenters. The van der Waals surface area contributed by atoms with Crippen molar-refractivity contribution in [3.8, 4) is 0 Å². The predicted octanol–water partition coefficient (Wildman–Crippen LogP) is 1.03. The van der Waals surface area contributed by atoms with Gasteiger partial charge < -0.3 is 14.5 Å². The van der Waals surface area contributed by atoms with Crippen LogP contribution in [0.2, 0.25) is 0 Å². The van der Waals surface area contributed by atoms with Crippen molar-refractivity contribution < 1.29 is 14.3 Å². The van der Waals surface area contributed by atoms with Crippen molar-refractivity contribution in [2.24, 2.45) is 5.92 Å². The zero-order valence-electron chi connectivity index (χ0n) is 12.3. The van der Waals surface area contributed by atoms with E-state index in [2.05, 4.69) is 0 Å². The molecule has 5 nitrogen and oxygen atoms in total. The van der Waals surface area contributed by atoms with Crippen LogP contribution in [0.4, 0.5) is 0 Å². The van der Waals surface area contributed by atoms with Crippen LogP contribution in [0.5, 0.6) is 0 Å². The Morgan fingerprint density at radius 1 is 1.35 bits per heavy atom. The zero-order valence-corrected chi connectivity index (χ0v) is 12.3. The number of likely N-dealkylation sites (tertiary alicyclic amines) is 2. The minimum absolute atomic E-state index is 0.0321. The molecule has 112 valence electrons. The molecular weight excluding hydrogens is 256 g/mol. The van der Waals surface area contributed by atoms with Gasteiger partial charge in [0.1, 0.15) is 0 Å². The van der Waals surface area contributed by atoms with Gasteiger partial charge in [0.15, 0.2) is 0 Å². The molecule has 1 atom stereocenters. The lowest BCUT2D eigenvalue weighted by molar-refractivity contribution is -0.136. The lowest BCUT2D eigenvalue weighted by Gasteiger charge is -2.43. The predicted molar refractivity (Wildman–Crippen MR) is 74.1 cm³/mol. The minimum Gasteiger partial charge on any atom is -0.381 e. The molecule has 3 saturated heterocycles. The number of nitrogens with zero attached hydrogens (tertiary/aromatic N) is 2. The highest BCUT2D eigenvalue weighted by Crippen LogP contribution is 2.38. The van der Waals surface area contributed by atoms with E-state index in [1.54, 1.807) is 0 Å². The number of hydrogen-bond donors (Lipinski definition) is 0. The largest absolute Gasteiger partial charge is 0.381 e. The molecule has 3 aliphatic rings. The van der Waals surface area contributed by atoms with E-state index in [1.807, 2.05) is 16.8 Å². The smallest absolute Gasteiger partial charge is 0.222 e. The molecule has 0 aliphatic carbocycles. The fraction of sp³-hybridized carbons (Fsp3) is 0.867. The second-order valence-corrected chi connectivity index (χ2v) is 6.49. The van der Waals surface area contributed by atoms with Crippen LogP contribution in [0.15, 0.2) is 0 Å². The second-order valence-electron chi connectivity index (χ2n) is 6.49. The standard InChI is InChI=1S/C15H24N2O3/c1-16-13(18)2-4-15(16)5-7-17(8-6-15)14(19)10-12-3-9-20-11-12/h12H,2-11H2,1H3. The Bertz CT molecular complexity index is 396. The van der Waals surface area contributed by atoms with E-state index in [-0.39, 0.29) is 17.4 Å². The highest BCUT2D eigenvalue weighted by molar-refractivity contribution is 5.80. The van der Waals surface area contributed by atoms with Crippen LogP contribution in [-0.2, 0) is 14.3 Å². The summed E-state index contributed by atoms with van der Waals surface area (Å²) in [6, 6.07) is 0. The van der Waals surface area contributed by atoms with Gasteiger partial charge in [0.05, 0.1) is 0 Å². The van der Waals surface area contributed by atoms with Crippen molar-refractivity contribution in [2.75, 3.05) is 33.4 Å². The number of amides is 2. The van der Waals surface area contributed by atoms with Gasteiger partial charge >= 0.3 is 0 Å². The maximum absolute atomic E-state index is 12.3. The summed E-state index contributed by atoms with van der Waals surface area (Å²) in [5.41, 5.74) is 0.0321. The molecule has 3 rings (SSSR count). The van der Waals surface area contributed by atoms with Crippen LogP contribution in [-0.4, -0.2) is 60.5 Å². The number of piperidine rings is 1. The molecule has 20 heavy (non-hydrogen) atoms. The van der Waals surface area contributed by atoms with Crippen LogP contribution in [0, 0.1) is 5.92 Å². The summed E-state index contributed by atoms with van der Waals surface area (Å²) >= 11 is 0. The Labute approximate surface area is 120 Å². The number of rotatable bonds is 2. The summed E-state index contributed by atoms with van der Waals surface area (Å²) in [5.74, 6) is 0.935. The number of ether oxygens (including phenoxy) is 1. The summed E-state index contributed by atoms with van der Waals surface area (Å²) in [7, 11) is 1.92. The van der Waals surface area contributed by atoms with Gasteiger partial charge in [-0.25, -0.2) is 0 Å². The fourth-order valence-corrected chi connectivity index (χ4v) is 3.82. The van der Waals surface area contributed by atoms with Crippen molar-refractivity contribution in [1.82, 2.24) is 9.80 Å². The molecular formula is C15H24N2O3.